The summed E-state index contributed by atoms with van der Waals surface area (Å²) in [4.78, 5) is 0. The predicted molar refractivity (Wildman–Crippen MR) is 101 cm³/mol. The van der Waals surface area contributed by atoms with Crippen LogP contribution in [0.4, 0.5) is 11.6 Å². The molecule has 4 aromatic rings. The number of aromatic nitrogens is 3. The fourth-order valence-corrected chi connectivity index (χ4v) is 2.76. The van der Waals surface area contributed by atoms with E-state index in [1.165, 1.54) is 5.56 Å². The van der Waals surface area contributed by atoms with Gasteiger partial charge >= 0.3 is 0 Å². The van der Waals surface area contributed by atoms with Gasteiger partial charge < -0.3 is 5.32 Å². The number of nitrogens with one attached hydrogen (secondary N) is 1. The smallest absolute Gasteiger partial charge is 0.229 e. The quantitative estimate of drug-likeness (QED) is 0.576. The van der Waals surface area contributed by atoms with E-state index in [0.717, 1.165) is 23.0 Å². The first kappa shape index (κ1) is 15.1. The van der Waals surface area contributed by atoms with Crippen molar-refractivity contribution in [3.63, 3.8) is 0 Å². The molecule has 1 aromatic heterocycles. The van der Waals surface area contributed by atoms with Crippen LogP contribution in [0.3, 0.4) is 0 Å². The average Bonchev–Trinajstić information content (AvgIpc) is 3.06. The molecule has 0 aliphatic rings. The van der Waals surface area contributed by atoms with E-state index in [1.807, 2.05) is 66.7 Å². The molecule has 3 aromatic carbocycles. The normalized spacial score (nSPS) is 10.6. The first-order valence-electron chi connectivity index (χ1n) is 8.25. The molecule has 4 rings (SSSR count). The maximum Gasteiger partial charge on any atom is 0.229 e. The van der Waals surface area contributed by atoms with Crippen LogP contribution >= 0.6 is 0 Å². The molecule has 0 atom stereocenters. The maximum atomic E-state index is 4.43. The van der Waals surface area contributed by atoms with Crippen molar-refractivity contribution in [2.45, 2.75) is 6.54 Å². The van der Waals surface area contributed by atoms with Crippen molar-refractivity contribution >= 4 is 11.6 Å². The zero-order valence-electron chi connectivity index (χ0n) is 13.7. The second-order valence-electron chi connectivity index (χ2n) is 5.78. The second-order valence-corrected chi connectivity index (χ2v) is 5.78. The minimum atomic E-state index is 0.702. The van der Waals surface area contributed by atoms with E-state index >= 15 is 0 Å². The van der Waals surface area contributed by atoms with E-state index in [1.54, 1.807) is 0 Å². The van der Waals surface area contributed by atoms with Gasteiger partial charge in [0.1, 0.15) is 0 Å². The fraction of sp³-hybridized carbons (Fsp3) is 0.0476. The Balaban J connectivity index is 1.75. The number of anilines is 2. The van der Waals surface area contributed by atoms with Gasteiger partial charge in [0.2, 0.25) is 5.95 Å². The largest absolute Gasteiger partial charge is 0.324 e. The van der Waals surface area contributed by atoms with E-state index in [4.69, 9.17) is 0 Å². The monoisotopic (exact) mass is 326 g/mol. The minimum absolute atomic E-state index is 0.702. The highest BCUT2D eigenvalue weighted by atomic mass is 15.3. The molecule has 1 heterocycles. The van der Waals surface area contributed by atoms with Crippen LogP contribution in [-0.4, -0.2) is 14.8 Å². The third kappa shape index (κ3) is 3.43. The van der Waals surface area contributed by atoms with Gasteiger partial charge in [0.25, 0.3) is 0 Å². The number of benzene rings is 3. The first-order chi connectivity index (χ1) is 12.4. The highest BCUT2D eigenvalue weighted by molar-refractivity contribution is 5.60. The van der Waals surface area contributed by atoms with Gasteiger partial charge in [-0.2, -0.15) is 0 Å². The Hall–Kier alpha value is -3.40. The highest BCUT2D eigenvalue weighted by Crippen LogP contribution is 2.24. The standard InChI is InChI=1S/C21H18N4/c1-4-10-17(11-5-1)16-25-20(18-12-6-2-7-13-18)23-24-21(25)22-19-14-8-3-9-15-19/h1-15H,16H2,(H,22,24). The van der Waals surface area contributed by atoms with Crippen LogP contribution < -0.4 is 5.32 Å². The number of hydrogen-bond acceptors (Lipinski definition) is 3. The molecular formula is C21H18N4. The van der Waals surface area contributed by atoms with E-state index in [2.05, 4.69) is 44.3 Å². The van der Waals surface area contributed by atoms with Gasteiger partial charge in [-0.25, -0.2) is 0 Å². The SMILES string of the molecule is c1ccc(Cn2c(Nc3ccccc3)nnc2-c2ccccc2)cc1. The Kier molecular flexibility index (Phi) is 4.25. The molecule has 0 unspecified atom stereocenters. The Bertz CT molecular complexity index is 932. The lowest BCUT2D eigenvalue weighted by atomic mass is 10.2. The molecule has 0 aliphatic heterocycles. The van der Waals surface area contributed by atoms with Crippen molar-refractivity contribution in [1.29, 1.82) is 0 Å². The van der Waals surface area contributed by atoms with Crippen molar-refractivity contribution in [3.8, 4) is 11.4 Å². The molecule has 1 N–H and O–H groups in total. The van der Waals surface area contributed by atoms with Crippen molar-refractivity contribution < 1.29 is 0 Å². The molecular weight excluding hydrogens is 308 g/mol. The molecule has 0 bridgehead atoms. The van der Waals surface area contributed by atoms with Crippen LogP contribution in [0.2, 0.25) is 0 Å². The number of hydrogen-bond donors (Lipinski definition) is 1. The number of para-hydroxylation sites is 1. The molecule has 0 saturated carbocycles. The summed E-state index contributed by atoms with van der Waals surface area (Å²) in [6, 6.07) is 30.5. The summed E-state index contributed by atoms with van der Waals surface area (Å²) in [6.07, 6.45) is 0. The van der Waals surface area contributed by atoms with Gasteiger partial charge in [-0.05, 0) is 17.7 Å². The lowest BCUT2D eigenvalue weighted by Gasteiger charge is -2.12. The van der Waals surface area contributed by atoms with Crippen LogP contribution in [-0.2, 0) is 6.54 Å². The molecule has 4 heteroatoms. The molecule has 0 radical (unpaired) electrons. The van der Waals surface area contributed by atoms with Gasteiger partial charge in [-0.15, -0.1) is 10.2 Å². The van der Waals surface area contributed by atoms with Gasteiger partial charge in [-0.1, -0.05) is 78.9 Å². The molecule has 0 aliphatic carbocycles. The van der Waals surface area contributed by atoms with Gasteiger partial charge in [0.15, 0.2) is 5.82 Å². The van der Waals surface area contributed by atoms with Crippen LogP contribution in [0, 0.1) is 0 Å². The summed E-state index contributed by atoms with van der Waals surface area (Å²) in [6.45, 7) is 0.702. The van der Waals surface area contributed by atoms with Crippen molar-refractivity contribution in [2.24, 2.45) is 0 Å². The second kappa shape index (κ2) is 7.01. The summed E-state index contributed by atoms with van der Waals surface area (Å²) in [7, 11) is 0. The molecule has 25 heavy (non-hydrogen) atoms. The zero-order valence-corrected chi connectivity index (χ0v) is 13.7. The van der Waals surface area contributed by atoms with E-state index < -0.39 is 0 Å². The van der Waals surface area contributed by atoms with Gasteiger partial charge in [0.05, 0.1) is 6.54 Å². The summed E-state index contributed by atoms with van der Waals surface area (Å²) < 4.78 is 2.11. The molecule has 0 amide bonds. The predicted octanol–water partition coefficient (Wildman–Crippen LogP) is 4.74. The van der Waals surface area contributed by atoms with E-state index in [0.29, 0.717) is 6.54 Å². The molecule has 0 fully saturated rings. The van der Waals surface area contributed by atoms with Crippen LogP contribution in [0.5, 0.6) is 0 Å². The zero-order chi connectivity index (χ0) is 16.9. The van der Waals surface area contributed by atoms with Crippen molar-refractivity contribution in [1.82, 2.24) is 14.8 Å². The van der Waals surface area contributed by atoms with Crippen molar-refractivity contribution in [2.75, 3.05) is 5.32 Å². The van der Waals surface area contributed by atoms with Crippen LogP contribution in [0.25, 0.3) is 11.4 Å². The average molecular weight is 326 g/mol. The third-order valence-electron chi connectivity index (χ3n) is 4.00. The van der Waals surface area contributed by atoms with Gasteiger partial charge in [0, 0.05) is 11.3 Å². The number of nitrogens with zero attached hydrogens (tertiary/aromatic N) is 3. The van der Waals surface area contributed by atoms with Crippen LogP contribution in [0.1, 0.15) is 5.56 Å². The Morgan fingerprint density at radius 2 is 1.28 bits per heavy atom. The summed E-state index contributed by atoms with van der Waals surface area (Å²) in [5, 5.41) is 12.2. The first-order valence-corrected chi connectivity index (χ1v) is 8.25. The Morgan fingerprint density at radius 1 is 0.680 bits per heavy atom. The maximum absolute atomic E-state index is 4.43. The Morgan fingerprint density at radius 3 is 1.96 bits per heavy atom. The van der Waals surface area contributed by atoms with E-state index in [-0.39, 0.29) is 0 Å². The molecule has 122 valence electrons. The molecule has 4 nitrogen and oxygen atoms in total. The Labute approximate surface area is 146 Å². The molecule has 0 saturated heterocycles. The minimum Gasteiger partial charge on any atom is -0.324 e. The van der Waals surface area contributed by atoms with Crippen LogP contribution in [0.15, 0.2) is 91.0 Å². The fourth-order valence-electron chi connectivity index (χ4n) is 2.76. The number of rotatable bonds is 5. The highest BCUT2D eigenvalue weighted by Gasteiger charge is 2.14. The van der Waals surface area contributed by atoms with Crippen molar-refractivity contribution in [3.05, 3.63) is 96.6 Å². The lowest BCUT2D eigenvalue weighted by molar-refractivity contribution is 0.812. The summed E-state index contributed by atoms with van der Waals surface area (Å²) >= 11 is 0. The van der Waals surface area contributed by atoms with Gasteiger partial charge in [-0.3, -0.25) is 4.57 Å². The molecule has 0 spiro atoms. The topological polar surface area (TPSA) is 42.7 Å². The van der Waals surface area contributed by atoms with E-state index in [9.17, 15) is 0 Å². The summed E-state index contributed by atoms with van der Waals surface area (Å²) in [5.41, 5.74) is 3.24. The lowest BCUT2D eigenvalue weighted by Crippen LogP contribution is -2.06. The summed E-state index contributed by atoms with van der Waals surface area (Å²) in [5.74, 6) is 1.58. The third-order valence-corrected chi connectivity index (χ3v) is 4.00.